The van der Waals surface area contributed by atoms with Crippen molar-refractivity contribution in [2.24, 2.45) is 5.11 Å². The number of halogens is 2. The fourth-order valence-corrected chi connectivity index (χ4v) is 5.10. The van der Waals surface area contributed by atoms with Crippen molar-refractivity contribution in [2.45, 2.75) is 25.0 Å². The molecule has 1 N–H and O–H groups in total. The fraction of sp³-hybridized carbons (Fsp3) is 0.348. The Kier molecular flexibility index (Phi) is 6.88. The van der Waals surface area contributed by atoms with Crippen molar-refractivity contribution in [3.05, 3.63) is 56.6 Å². The summed E-state index contributed by atoms with van der Waals surface area (Å²) in [4.78, 5) is 18.8. The summed E-state index contributed by atoms with van der Waals surface area (Å²) in [6.07, 6.45) is 4.07. The summed E-state index contributed by atoms with van der Waals surface area (Å²) in [5.74, 6) is 1.89. The van der Waals surface area contributed by atoms with Gasteiger partial charge in [0.05, 0.1) is 50.8 Å². The van der Waals surface area contributed by atoms with Crippen molar-refractivity contribution in [3.63, 3.8) is 0 Å². The molecule has 0 amide bonds. The van der Waals surface area contributed by atoms with E-state index in [0.29, 0.717) is 65.2 Å². The van der Waals surface area contributed by atoms with Gasteiger partial charge in [-0.3, -0.25) is 0 Å². The molecule has 0 radical (unpaired) electrons. The van der Waals surface area contributed by atoms with E-state index < -0.39 is 0 Å². The largest absolute Gasteiger partial charge is 0.495 e. The number of azide groups is 1. The Balaban J connectivity index is 1.55. The molecule has 0 saturated carbocycles. The molecule has 0 spiro atoms. The van der Waals surface area contributed by atoms with Crippen molar-refractivity contribution in [1.29, 1.82) is 0 Å². The number of hydrogen-bond donors (Lipinski definition) is 1. The maximum absolute atomic E-state index is 8.91. The number of nitrogens with one attached hydrogen (secondary N) is 1. The van der Waals surface area contributed by atoms with E-state index in [1.54, 1.807) is 18.5 Å². The molecule has 13 heteroatoms. The van der Waals surface area contributed by atoms with Gasteiger partial charge in [0, 0.05) is 41.1 Å². The van der Waals surface area contributed by atoms with E-state index in [-0.39, 0.29) is 12.1 Å². The van der Waals surface area contributed by atoms with E-state index in [0.717, 1.165) is 16.8 Å². The maximum Gasteiger partial charge on any atom is 0.223 e. The number of benzene rings is 1. The number of pyridine rings is 1. The third-order valence-corrected chi connectivity index (χ3v) is 6.88. The second kappa shape index (κ2) is 10.2. The first-order valence-electron chi connectivity index (χ1n) is 11.1. The first-order chi connectivity index (χ1) is 17.5. The summed E-state index contributed by atoms with van der Waals surface area (Å²) in [6, 6.07) is 4.92. The minimum absolute atomic E-state index is 0.233. The van der Waals surface area contributed by atoms with E-state index in [4.69, 9.17) is 47.9 Å². The molecule has 0 unspecified atom stereocenters. The van der Waals surface area contributed by atoms with Gasteiger partial charge in [-0.25, -0.2) is 15.0 Å². The third kappa shape index (κ3) is 4.31. The lowest BCUT2D eigenvalue weighted by Gasteiger charge is -2.33. The van der Waals surface area contributed by atoms with Gasteiger partial charge in [-0.15, -0.1) is 0 Å². The van der Waals surface area contributed by atoms with E-state index in [9.17, 15) is 0 Å². The number of ether oxygens (including phenoxy) is 3. The SMILES string of the molecule is COc1cc(OC)c(Cl)c(N2Cc3cnc(N[C@@H]4COCC[C@@H]4N=[N+]=[N-])nc3-c3cccnc32)c1Cl. The summed E-state index contributed by atoms with van der Waals surface area (Å²) in [7, 11) is 3.06. The highest BCUT2D eigenvalue weighted by atomic mass is 35.5. The highest BCUT2D eigenvalue weighted by molar-refractivity contribution is 6.41. The lowest BCUT2D eigenvalue weighted by Crippen LogP contribution is -2.41. The first kappa shape index (κ1) is 24.2. The van der Waals surface area contributed by atoms with Gasteiger partial charge in [-0.1, -0.05) is 28.3 Å². The summed E-state index contributed by atoms with van der Waals surface area (Å²) in [5.41, 5.74) is 11.8. The van der Waals surface area contributed by atoms with Crippen LogP contribution in [0.3, 0.4) is 0 Å². The number of anilines is 3. The molecule has 5 rings (SSSR count). The van der Waals surface area contributed by atoms with Crippen LogP contribution in [0.15, 0.2) is 35.7 Å². The van der Waals surface area contributed by atoms with Crippen molar-refractivity contribution in [1.82, 2.24) is 15.0 Å². The van der Waals surface area contributed by atoms with Gasteiger partial charge in [-0.05, 0) is 24.1 Å². The number of hydrogen-bond acceptors (Lipinski definition) is 9. The molecule has 0 aliphatic carbocycles. The summed E-state index contributed by atoms with van der Waals surface area (Å²) >= 11 is 13.4. The zero-order valence-electron chi connectivity index (χ0n) is 19.5. The Bertz CT molecular complexity index is 1320. The molecular formula is C23H22Cl2N8O3. The molecule has 0 bridgehead atoms. The molecule has 2 atom stereocenters. The zero-order chi connectivity index (χ0) is 25.2. The minimum atomic E-state index is -0.250. The van der Waals surface area contributed by atoms with Gasteiger partial charge in [0.15, 0.2) is 0 Å². The highest BCUT2D eigenvalue weighted by Crippen LogP contribution is 2.51. The Morgan fingerprint density at radius 3 is 2.72 bits per heavy atom. The van der Waals surface area contributed by atoms with E-state index in [1.165, 1.54) is 14.2 Å². The van der Waals surface area contributed by atoms with Gasteiger partial charge in [0.25, 0.3) is 0 Å². The highest BCUT2D eigenvalue weighted by Gasteiger charge is 2.32. The van der Waals surface area contributed by atoms with E-state index in [1.807, 2.05) is 17.0 Å². The predicted molar refractivity (Wildman–Crippen MR) is 136 cm³/mol. The Morgan fingerprint density at radius 2 is 2.00 bits per heavy atom. The molecule has 1 fully saturated rings. The molecular weight excluding hydrogens is 507 g/mol. The molecule has 2 aliphatic heterocycles. The number of fused-ring (bicyclic) bond motifs is 3. The summed E-state index contributed by atoms with van der Waals surface area (Å²) < 4.78 is 16.5. The topological polar surface area (TPSA) is 130 Å². The van der Waals surface area contributed by atoms with Crippen LogP contribution in [0, 0.1) is 0 Å². The van der Waals surface area contributed by atoms with E-state index >= 15 is 0 Å². The number of methoxy groups -OCH3 is 2. The van der Waals surface area contributed by atoms with Gasteiger partial charge in [0.1, 0.15) is 27.4 Å². The van der Waals surface area contributed by atoms with Crippen LogP contribution in [0.5, 0.6) is 11.5 Å². The monoisotopic (exact) mass is 528 g/mol. The Hall–Kier alpha value is -3.50. The molecule has 11 nitrogen and oxygen atoms in total. The van der Waals surface area contributed by atoms with Crippen molar-refractivity contribution in [2.75, 3.05) is 37.7 Å². The van der Waals surface area contributed by atoms with Crippen LogP contribution in [0.2, 0.25) is 10.0 Å². The van der Waals surface area contributed by atoms with Crippen LogP contribution in [-0.4, -0.2) is 54.5 Å². The second-order valence-corrected chi connectivity index (χ2v) is 8.93. The molecule has 186 valence electrons. The Labute approximate surface area is 217 Å². The van der Waals surface area contributed by atoms with Crippen LogP contribution < -0.4 is 19.7 Å². The van der Waals surface area contributed by atoms with Crippen molar-refractivity contribution >= 4 is 40.7 Å². The van der Waals surface area contributed by atoms with Gasteiger partial charge in [-0.2, -0.15) is 0 Å². The van der Waals surface area contributed by atoms with Crippen molar-refractivity contribution in [3.8, 4) is 22.8 Å². The van der Waals surface area contributed by atoms with Crippen LogP contribution in [0.4, 0.5) is 17.5 Å². The zero-order valence-corrected chi connectivity index (χ0v) is 21.0. The number of nitrogens with zero attached hydrogens (tertiary/aromatic N) is 7. The molecule has 2 aliphatic rings. The molecule has 36 heavy (non-hydrogen) atoms. The average Bonchev–Trinajstić information content (AvgIpc) is 2.90. The molecule has 1 aromatic carbocycles. The Morgan fingerprint density at radius 1 is 1.22 bits per heavy atom. The van der Waals surface area contributed by atoms with Crippen LogP contribution >= 0.6 is 23.2 Å². The van der Waals surface area contributed by atoms with Gasteiger partial charge < -0.3 is 24.4 Å². The van der Waals surface area contributed by atoms with Gasteiger partial charge >= 0.3 is 0 Å². The number of rotatable bonds is 6. The molecule has 3 aromatic rings. The molecule has 4 heterocycles. The lowest BCUT2D eigenvalue weighted by molar-refractivity contribution is 0.0767. The maximum atomic E-state index is 8.91. The van der Waals surface area contributed by atoms with Gasteiger partial charge in [0.2, 0.25) is 5.95 Å². The first-order valence-corrected chi connectivity index (χ1v) is 11.9. The lowest BCUT2D eigenvalue weighted by atomic mass is 10.0. The third-order valence-electron chi connectivity index (χ3n) is 6.15. The van der Waals surface area contributed by atoms with Crippen LogP contribution in [0.25, 0.3) is 21.7 Å². The van der Waals surface area contributed by atoms with Crippen LogP contribution in [0.1, 0.15) is 12.0 Å². The molecule has 1 saturated heterocycles. The summed E-state index contributed by atoms with van der Waals surface area (Å²) in [6.45, 7) is 1.30. The van der Waals surface area contributed by atoms with Crippen LogP contribution in [-0.2, 0) is 11.3 Å². The average molecular weight is 529 g/mol. The second-order valence-electron chi connectivity index (χ2n) is 8.17. The number of aromatic nitrogens is 3. The minimum Gasteiger partial charge on any atom is -0.495 e. The normalized spacial score (nSPS) is 18.5. The molecule has 2 aromatic heterocycles. The fourth-order valence-electron chi connectivity index (χ4n) is 4.40. The standard InChI is InChI=1S/C23H22Cl2N8O3/c1-34-16-8-17(35-2)19(25)21(18(16)24)33-10-12-9-28-23(29-15-11-36-7-5-14(15)31-32-26)30-20(12)13-4-3-6-27-22(13)33/h3-4,6,8-9,14-15H,5,7,10-11H2,1-2H3,(H,28,29,30)/t14-,15+/m0/s1. The predicted octanol–water partition coefficient (Wildman–Crippen LogP) is 5.39. The smallest absolute Gasteiger partial charge is 0.223 e. The van der Waals surface area contributed by atoms with E-state index in [2.05, 4.69) is 25.3 Å². The quantitative estimate of drug-likeness (QED) is 0.255. The van der Waals surface area contributed by atoms with Crippen molar-refractivity contribution < 1.29 is 14.2 Å². The summed E-state index contributed by atoms with van der Waals surface area (Å²) in [5, 5.41) is 7.83.